The first-order valence-corrected chi connectivity index (χ1v) is 6.04. The van der Waals surface area contributed by atoms with Gasteiger partial charge in [-0.3, -0.25) is 0 Å². The van der Waals surface area contributed by atoms with Crippen LogP contribution in [0.1, 0.15) is 16.7 Å². The van der Waals surface area contributed by atoms with Crippen molar-refractivity contribution in [1.29, 1.82) is 0 Å². The molecule has 0 radical (unpaired) electrons. The van der Waals surface area contributed by atoms with Gasteiger partial charge in [-0.1, -0.05) is 17.3 Å². The third-order valence-corrected chi connectivity index (χ3v) is 2.94. The highest BCUT2D eigenvalue weighted by Crippen LogP contribution is 2.29. The summed E-state index contributed by atoms with van der Waals surface area (Å²) in [4.78, 5) is 0. The van der Waals surface area contributed by atoms with E-state index >= 15 is 0 Å². The molecule has 20 heavy (non-hydrogen) atoms. The average Bonchev–Trinajstić information content (AvgIpc) is 2.44. The molecule has 2 aromatic rings. The predicted octanol–water partition coefficient (Wildman–Crippen LogP) is 3.33. The van der Waals surface area contributed by atoms with Crippen LogP contribution in [0.4, 0.5) is 4.39 Å². The summed E-state index contributed by atoms with van der Waals surface area (Å²) in [5.41, 5.74) is 7.43. The van der Waals surface area contributed by atoms with Crippen LogP contribution in [-0.2, 0) is 0 Å². The molecule has 0 bridgehead atoms. The number of aryl methyl sites for hydroxylation is 2. The Bertz CT molecular complexity index is 669. The predicted molar refractivity (Wildman–Crippen MR) is 74.9 cm³/mol. The molecule has 2 aromatic carbocycles. The lowest BCUT2D eigenvalue weighted by Gasteiger charge is -2.13. The van der Waals surface area contributed by atoms with Crippen LogP contribution in [0, 0.1) is 19.7 Å². The zero-order valence-electron chi connectivity index (χ0n) is 11.2. The van der Waals surface area contributed by atoms with Crippen LogP contribution in [0.15, 0.2) is 41.6 Å². The van der Waals surface area contributed by atoms with Crippen LogP contribution in [0.25, 0.3) is 0 Å². The van der Waals surface area contributed by atoms with Crippen molar-refractivity contribution in [3.63, 3.8) is 0 Å². The van der Waals surface area contributed by atoms with Crippen molar-refractivity contribution in [3.8, 4) is 11.5 Å². The average molecular weight is 274 g/mol. The molecule has 3 N–H and O–H groups in total. The second kappa shape index (κ2) is 5.61. The Kier molecular flexibility index (Phi) is 3.89. The van der Waals surface area contributed by atoms with E-state index in [-0.39, 0.29) is 11.7 Å². The number of para-hydroxylation sites is 1. The quantitative estimate of drug-likeness (QED) is 0.390. The lowest BCUT2D eigenvalue weighted by Crippen LogP contribution is -2.14. The third-order valence-electron chi connectivity index (χ3n) is 2.94. The van der Waals surface area contributed by atoms with Crippen molar-refractivity contribution in [2.45, 2.75) is 13.8 Å². The molecule has 0 saturated heterocycles. The van der Waals surface area contributed by atoms with Crippen molar-refractivity contribution in [2.24, 2.45) is 10.9 Å². The highest BCUT2D eigenvalue weighted by Gasteiger charge is 2.12. The highest BCUT2D eigenvalue weighted by atomic mass is 19.1. The summed E-state index contributed by atoms with van der Waals surface area (Å²) in [6.45, 7) is 3.50. The zero-order valence-corrected chi connectivity index (χ0v) is 11.2. The van der Waals surface area contributed by atoms with Crippen LogP contribution in [-0.4, -0.2) is 11.0 Å². The van der Waals surface area contributed by atoms with Crippen molar-refractivity contribution < 1.29 is 14.3 Å². The number of halogens is 1. The number of oxime groups is 1. The van der Waals surface area contributed by atoms with Crippen LogP contribution in [0.2, 0.25) is 0 Å². The van der Waals surface area contributed by atoms with Gasteiger partial charge in [-0.25, -0.2) is 4.39 Å². The molecule has 0 amide bonds. The second-order valence-electron chi connectivity index (χ2n) is 4.45. The van der Waals surface area contributed by atoms with Crippen molar-refractivity contribution in [3.05, 3.63) is 58.9 Å². The number of hydrogen-bond acceptors (Lipinski definition) is 3. The maximum Gasteiger partial charge on any atom is 0.173 e. The number of benzene rings is 2. The molecule has 4 nitrogen and oxygen atoms in total. The van der Waals surface area contributed by atoms with E-state index in [4.69, 9.17) is 15.7 Å². The molecule has 0 saturated carbocycles. The minimum absolute atomic E-state index is 0.0393. The van der Waals surface area contributed by atoms with E-state index in [0.29, 0.717) is 22.6 Å². The third kappa shape index (κ3) is 2.71. The molecule has 0 atom stereocenters. The summed E-state index contributed by atoms with van der Waals surface area (Å²) in [6, 6.07) is 9.79. The topological polar surface area (TPSA) is 67.8 Å². The van der Waals surface area contributed by atoms with Gasteiger partial charge in [0.25, 0.3) is 0 Å². The second-order valence-corrected chi connectivity index (χ2v) is 4.45. The van der Waals surface area contributed by atoms with Gasteiger partial charge in [0.2, 0.25) is 0 Å². The lowest BCUT2D eigenvalue weighted by atomic mass is 10.1. The van der Waals surface area contributed by atoms with Crippen molar-refractivity contribution >= 4 is 5.84 Å². The maximum atomic E-state index is 13.3. The van der Waals surface area contributed by atoms with Gasteiger partial charge in [0.15, 0.2) is 5.84 Å². The van der Waals surface area contributed by atoms with Crippen LogP contribution in [0.3, 0.4) is 0 Å². The fourth-order valence-electron chi connectivity index (χ4n) is 1.84. The fraction of sp³-hybridized carbons (Fsp3) is 0.133. The van der Waals surface area contributed by atoms with E-state index in [2.05, 4.69) is 5.16 Å². The molecule has 0 spiro atoms. The summed E-state index contributed by atoms with van der Waals surface area (Å²) in [5.74, 6) is 0.639. The van der Waals surface area contributed by atoms with E-state index in [1.54, 1.807) is 25.1 Å². The lowest BCUT2D eigenvalue weighted by molar-refractivity contribution is 0.318. The van der Waals surface area contributed by atoms with E-state index in [1.165, 1.54) is 12.1 Å². The van der Waals surface area contributed by atoms with E-state index in [1.807, 2.05) is 13.0 Å². The van der Waals surface area contributed by atoms with Gasteiger partial charge in [0, 0.05) is 0 Å². The molecule has 104 valence electrons. The monoisotopic (exact) mass is 274 g/mol. The molecule has 2 rings (SSSR count). The summed E-state index contributed by atoms with van der Waals surface area (Å²) < 4.78 is 19.0. The fourth-order valence-corrected chi connectivity index (χ4v) is 1.84. The minimum atomic E-state index is -0.293. The van der Waals surface area contributed by atoms with E-state index in [0.717, 1.165) is 5.56 Å². The van der Waals surface area contributed by atoms with E-state index in [9.17, 15) is 4.39 Å². The number of hydrogen-bond donors (Lipinski definition) is 2. The Labute approximate surface area is 116 Å². The number of nitrogens with two attached hydrogens (primary N) is 1. The van der Waals surface area contributed by atoms with Crippen LogP contribution in [0.5, 0.6) is 11.5 Å². The first-order valence-electron chi connectivity index (χ1n) is 6.04. The summed E-state index contributed by atoms with van der Waals surface area (Å²) in [5, 5.41) is 11.8. The van der Waals surface area contributed by atoms with Gasteiger partial charge in [-0.15, -0.1) is 0 Å². The van der Waals surface area contributed by atoms with Gasteiger partial charge in [0.1, 0.15) is 17.3 Å². The Hall–Kier alpha value is -2.56. The van der Waals surface area contributed by atoms with Crippen LogP contribution < -0.4 is 10.5 Å². The molecule has 0 aliphatic heterocycles. The van der Waals surface area contributed by atoms with Gasteiger partial charge >= 0.3 is 0 Å². The number of ether oxygens (including phenoxy) is 1. The Morgan fingerprint density at radius 1 is 1.20 bits per heavy atom. The molecule has 0 fully saturated rings. The van der Waals surface area contributed by atoms with E-state index < -0.39 is 0 Å². The van der Waals surface area contributed by atoms with Crippen molar-refractivity contribution in [2.75, 3.05) is 0 Å². The highest BCUT2D eigenvalue weighted by molar-refractivity contribution is 6.00. The van der Waals surface area contributed by atoms with Gasteiger partial charge < -0.3 is 15.7 Å². The van der Waals surface area contributed by atoms with Gasteiger partial charge in [0.05, 0.1) is 5.56 Å². The Morgan fingerprint density at radius 3 is 2.60 bits per heavy atom. The molecule has 0 aliphatic carbocycles. The first-order chi connectivity index (χ1) is 9.52. The van der Waals surface area contributed by atoms with Gasteiger partial charge in [-0.05, 0) is 49.2 Å². The maximum absolute atomic E-state index is 13.3. The number of rotatable bonds is 3. The molecule has 5 heteroatoms. The smallest absolute Gasteiger partial charge is 0.173 e. The van der Waals surface area contributed by atoms with Crippen LogP contribution >= 0.6 is 0 Å². The normalized spacial score (nSPS) is 11.4. The number of amidine groups is 1. The van der Waals surface area contributed by atoms with Crippen molar-refractivity contribution in [1.82, 2.24) is 0 Å². The standard InChI is InChI=1S/C15H15FN2O2/c1-9-4-3-5-12(15(17)18-19)14(9)20-11-6-7-13(16)10(2)8-11/h3-8,19H,1-2H3,(H2,17,18). The van der Waals surface area contributed by atoms with Gasteiger partial charge in [-0.2, -0.15) is 0 Å². The summed E-state index contributed by atoms with van der Waals surface area (Å²) >= 11 is 0. The number of nitrogens with zero attached hydrogens (tertiary/aromatic N) is 1. The molecule has 0 heterocycles. The Morgan fingerprint density at radius 2 is 1.95 bits per heavy atom. The SMILES string of the molecule is Cc1cc(Oc2c(C)cccc2/C(N)=N/O)ccc1F. The summed E-state index contributed by atoms with van der Waals surface area (Å²) in [7, 11) is 0. The first kappa shape index (κ1) is 13.9. The zero-order chi connectivity index (χ0) is 14.7. The molecular formula is C15H15FN2O2. The molecule has 0 aliphatic rings. The minimum Gasteiger partial charge on any atom is -0.456 e. The molecule has 0 aromatic heterocycles. The largest absolute Gasteiger partial charge is 0.456 e. The molecular weight excluding hydrogens is 259 g/mol. The molecule has 0 unspecified atom stereocenters. The summed E-state index contributed by atoms with van der Waals surface area (Å²) in [6.07, 6.45) is 0. The Balaban J connectivity index is 2.45.